The summed E-state index contributed by atoms with van der Waals surface area (Å²) in [5.41, 5.74) is 7.07. The molecule has 1 aliphatic heterocycles. The predicted molar refractivity (Wildman–Crippen MR) is 81.5 cm³/mol. The van der Waals surface area contributed by atoms with Gasteiger partial charge >= 0.3 is 0 Å². The fourth-order valence-corrected chi connectivity index (χ4v) is 3.01. The van der Waals surface area contributed by atoms with Crippen LogP contribution in [0.1, 0.15) is 51.5 Å². The van der Waals surface area contributed by atoms with Crippen molar-refractivity contribution in [3.63, 3.8) is 0 Å². The topological polar surface area (TPSA) is 42.1 Å². The summed E-state index contributed by atoms with van der Waals surface area (Å²) in [7, 11) is 0. The van der Waals surface area contributed by atoms with Crippen LogP contribution in [-0.4, -0.2) is 23.6 Å². The Morgan fingerprint density at radius 1 is 1.42 bits per heavy atom. The van der Waals surface area contributed by atoms with Gasteiger partial charge in [0.05, 0.1) is 0 Å². The van der Waals surface area contributed by atoms with Crippen LogP contribution in [0.2, 0.25) is 0 Å². The standard InChI is InChI=1S/C16H27N3/c1-3-6-15-7-4-5-10-19(15)16-9-8-14(12-18-16)11-13(2)17/h8-9,12-13,15H,3-7,10-11,17H2,1-2H3. The highest BCUT2D eigenvalue weighted by Crippen LogP contribution is 2.25. The second kappa shape index (κ2) is 6.90. The SMILES string of the molecule is CCCC1CCCCN1c1ccc(CC(C)N)cn1. The van der Waals surface area contributed by atoms with E-state index in [1.54, 1.807) is 0 Å². The number of pyridine rings is 1. The normalized spacial score (nSPS) is 21.4. The zero-order valence-electron chi connectivity index (χ0n) is 12.3. The highest BCUT2D eigenvalue weighted by atomic mass is 15.2. The maximum atomic E-state index is 5.83. The van der Waals surface area contributed by atoms with Gasteiger partial charge in [0.1, 0.15) is 5.82 Å². The number of piperidine rings is 1. The summed E-state index contributed by atoms with van der Waals surface area (Å²) in [6, 6.07) is 5.25. The molecular weight excluding hydrogens is 234 g/mol. The molecule has 3 heteroatoms. The lowest BCUT2D eigenvalue weighted by molar-refractivity contribution is 0.432. The number of aromatic nitrogens is 1. The molecule has 1 fully saturated rings. The Bertz CT molecular complexity index is 370. The molecule has 2 unspecified atom stereocenters. The van der Waals surface area contributed by atoms with E-state index in [4.69, 9.17) is 5.73 Å². The van der Waals surface area contributed by atoms with Gasteiger partial charge < -0.3 is 10.6 Å². The van der Waals surface area contributed by atoms with Crippen LogP contribution in [0, 0.1) is 0 Å². The van der Waals surface area contributed by atoms with Crippen molar-refractivity contribution in [2.75, 3.05) is 11.4 Å². The molecule has 0 aliphatic carbocycles. The zero-order chi connectivity index (χ0) is 13.7. The summed E-state index contributed by atoms with van der Waals surface area (Å²) >= 11 is 0. The Hall–Kier alpha value is -1.09. The van der Waals surface area contributed by atoms with Gasteiger partial charge in [-0.3, -0.25) is 0 Å². The van der Waals surface area contributed by atoms with Crippen LogP contribution in [-0.2, 0) is 6.42 Å². The van der Waals surface area contributed by atoms with Crippen molar-refractivity contribution < 1.29 is 0 Å². The van der Waals surface area contributed by atoms with Crippen LogP contribution in [0.5, 0.6) is 0 Å². The Kier molecular flexibility index (Phi) is 5.20. The van der Waals surface area contributed by atoms with Gasteiger partial charge in [0.25, 0.3) is 0 Å². The van der Waals surface area contributed by atoms with Gasteiger partial charge in [-0.1, -0.05) is 19.4 Å². The number of hydrogen-bond acceptors (Lipinski definition) is 3. The van der Waals surface area contributed by atoms with Crippen molar-refractivity contribution in [1.82, 2.24) is 4.98 Å². The van der Waals surface area contributed by atoms with E-state index >= 15 is 0 Å². The number of anilines is 1. The smallest absolute Gasteiger partial charge is 0.128 e. The quantitative estimate of drug-likeness (QED) is 0.885. The summed E-state index contributed by atoms with van der Waals surface area (Å²) in [4.78, 5) is 7.16. The second-order valence-corrected chi connectivity index (χ2v) is 5.84. The van der Waals surface area contributed by atoms with E-state index in [0.29, 0.717) is 6.04 Å². The van der Waals surface area contributed by atoms with Gasteiger partial charge in [-0.15, -0.1) is 0 Å². The Balaban J connectivity index is 2.06. The Morgan fingerprint density at radius 3 is 2.89 bits per heavy atom. The molecule has 1 aromatic heterocycles. The van der Waals surface area contributed by atoms with Crippen molar-refractivity contribution in [2.45, 2.75) is 64.5 Å². The van der Waals surface area contributed by atoms with Crippen LogP contribution >= 0.6 is 0 Å². The van der Waals surface area contributed by atoms with Crippen molar-refractivity contribution in [3.05, 3.63) is 23.9 Å². The van der Waals surface area contributed by atoms with E-state index in [1.807, 2.05) is 13.1 Å². The third kappa shape index (κ3) is 3.93. The number of nitrogens with two attached hydrogens (primary N) is 1. The van der Waals surface area contributed by atoms with Gasteiger partial charge in [-0.2, -0.15) is 0 Å². The van der Waals surface area contributed by atoms with Crippen molar-refractivity contribution in [3.8, 4) is 0 Å². The molecule has 2 N–H and O–H groups in total. The second-order valence-electron chi connectivity index (χ2n) is 5.84. The van der Waals surface area contributed by atoms with E-state index in [2.05, 4.69) is 28.9 Å². The van der Waals surface area contributed by atoms with Gasteiger partial charge in [-0.05, 0) is 50.7 Å². The molecule has 0 bridgehead atoms. The minimum atomic E-state index is 0.204. The lowest BCUT2D eigenvalue weighted by Gasteiger charge is -2.36. The molecule has 2 heterocycles. The number of rotatable bonds is 5. The molecule has 1 aromatic rings. The van der Waals surface area contributed by atoms with Crippen LogP contribution in [0.25, 0.3) is 0 Å². The van der Waals surface area contributed by atoms with E-state index in [0.717, 1.165) is 18.8 Å². The first kappa shape index (κ1) is 14.3. The van der Waals surface area contributed by atoms with Crippen LogP contribution < -0.4 is 10.6 Å². The fourth-order valence-electron chi connectivity index (χ4n) is 3.01. The third-order valence-corrected chi connectivity index (χ3v) is 3.91. The van der Waals surface area contributed by atoms with Crippen LogP contribution in [0.15, 0.2) is 18.3 Å². The summed E-state index contributed by atoms with van der Waals surface area (Å²) in [5.74, 6) is 1.14. The molecule has 0 amide bonds. The highest BCUT2D eigenvalue weighted by molar-refractivity contribution is 5.41. The minimum absolute atomic E-state index is 0.204. The molecule has 19 heavy (non-hydrogen) atoms. The summed E-state index contributed by atoms with van der Waals surface area (Å²) < 4.78 is 0. The maximum absolute atomic E-state index is 5.83. The Labute approximate surface area is 117 Å². The first-order chi connectivity index (χ1) is 9.20. The third-order valence-electron chi connectivity index (χ3n) is 3.91. The molecule has 2 atom stereocenters. The molecule has 0 saturated carbocycles. The van der Waals surface area contributed by atoms with Gasteiger partial charge in [0.2, 0.25) is 0 Å². The van der Waals surface area contributed by atoms with Gasteiger partial charge in [-0.25, -0.2) is 4.98 Å². The molecule has 0 radical (unpaired) electrons. The predicted octanol–water partition coefficient (Wildman–Crippen LogP) is 3.13. The first-order valence-corrected chi connectivity index (χ1v) is 7.68. The van der Waals surface area contributed by atoms with Gasteiger partial charge in [0.15, 0.2) is 0 Å². The van der Waals surface area contributed by atoms with E-state index < -0.39 is 0 Å². The van der Waals surface area contributed by atoms with Crippen LogP contribution in [0.3, 0.4) is 0 Å². The molecule has 3 nitrogen and oxygen atoms in total. The minimum Gasteiger partial charge on any atom is -0.354 e. The molecule has 0 spiro atoms. The summed E-state index contributed by atoms with van der Waals surface area (Å²) in [6.45, 7) is 5.46. The molecule has 2 rings (SSSR count). The molecule has 0 aromatic carbocycles. The molecule has 1 aliphatic rings. The van der Waals surface area contributed by atoms with E-state index in [1.165, 1.54) is 37.7 Å². The zero-order valence-corrected chi connectivity index (χ0v) is 12.3. The largest absolute Gasteiger partial charge is 0.354 e. The molecule has 1 saturated heterocycles. The van der Waals surface area contributed by atoms with Crippen molar-refractivity contribution in [2.24, 2.45) is 5.73 Å². The molecule has 106 valence electrons. The lowest BCUT2D eigenvalue weighted by atomic mass is 9.98. The van der Waals surface area contributed by atoms with E-state index in [9.17, 15) is 0 Å². The van der Waals surface area contributed by atoms with E-state index in [-0.39, 0.29) is 6.04 Å². The maximum Gasteiger partial charge on any atom is 0.128 e. The fraction of sp³-hybridized carbons (Fsp3) is 0.688. The highest BCUT2D eigenvalue weighted by Gasteiger charge is 2.22. The Morgan fingerprint density at radius 2 is 2.26 bits per heavy atom. The summed E-state index contributed by atoms with van der Waals surface area (Å²) in [6.07, 6.45) is 9.42. The lowest BCUT2D eigenvalue weighted by Crippen LogP contribution is -2.40. The molecular formula is C16H27N3. The van der Waals surface area contributed by atoms with Crippen LogP contribution in [0.4, 0.5) is 5.82 Å². The average molecular weight is 261 g/mol. The monoisotopic (exact) mass is 261 g/mol. The summed E-state index contributed by atoms with van der Waals surface area (Å²) in [5, 5.41) is 0. The number of nitrogens with zero attached hydrogens (tertiary/aromatic N) is 2. The first-order valence-electron chi connectivity index (χ1n) is 7.68. The van der Waals surface area contributed by atoms with Crippen molar-refractivity contribution >= 4 is 5.82 Å². The number of hydrogen-bond donors (Lipinski definition) is 1. The van der Waals surface area contributed by atoms with Crippen molar-refractivity contribution in [1.29, 1.82) is 0 Å². The van der Waals surface area contributed by atoms with Gasteiger partial charge in [0, 0.05) is 24.8 Å². The average Bonchev–Trinajstić information content (AvgIpc) is 2.40.